The third-order valence-corrected chi connectivity index (χ3v) is 2.68. The lowest BCUT2D eigenvalue weighted by Gasteiger charge is -2.10. The van der Waals surface area contributed by atoms with Crippen LogP contribution in [0.4, 0.5) is 0 Å². The van der Waals surface area contributed by atoms with Crippen LogP contribution < -0.4 is 11.1 Å². The highest BCUT2D eigenvalue weighted by Crippen LogP contribution is 1.98. The monoisotopic (exact) mass is 243 g/mol. The fraction of sp³-hybridized carbons (Fsp3) is 0.667. The molecule has 1 heterocycles. The Morgan fingerprint density at radius 1 is 1.75 bits per heavy atom. The first kappa shape index (κ1) is 13.0. The number of rotatable bonds is 6. The minimum absolute atomic E-state index is 0.151. The highest BCUT2D eigenvalue weighted by atomic mass is 32.2. The molecule has 0 saturated heterocycles. The van der Waals surface area contributed by atoms with Crippen molar-refractivity contribution in [1.82, 2.24) is 20.1 Å². The topological polar surface area (TPSA) is 85.8 Å². The second-order valence-electron chi connectivity index (χ2n) is 3.44. The summed E-state index contributed by atoms with van der Waals surface area (Å²) in [6.07, 6.45) is 4.26. The van der Waals surface area contributed by atoms with Crippen molar-refractivity contribution in [2.24, 2.45) is 12.8 Å². The van der Waals surface area contributed by atoms with Gasteiger partial charge in [0.2, 0.25) is 5.91 Å². The van der Waals surface area contributed by atoms with Crippen LogP contribution in [-0.2, 0) is 18.4 Å². The molecule has 0 saturated carbocycles. The van der Waals surface area contributed by atoms with E-state index in [1.54, 1.807) is 29.8 Å². The second-order valence-corrected chi connectivity index (χ2v) is 4.43. The minimum Gasteiger partial charge on any atom is -0.347 e. The molecule has 1 atom stereocenters. The Morgan fingerprint density at radius 2 is 2.50 bits per heavy atom. The Hall–Kier alpha value is -1.08. The van der Waals surface area contributed by atoms with E-state index in [0.29, 0.717) is 18.8 Å². The standard InChI is InChI=1S/C9H17N5OS/c1-14-6-12-8(13-14)5-11-9(15)7(10)3-4-16-2/h6-7H,3-5,10H2,1-2H3,(H,11,15)/t7-/m1/s1. The molecule has 0 bridgehead atoms. The normalized spacial score (nSPS) is 12.4. The summed E-state index contributed by atoms with van der Waals surface area (Å²) < 4.78 is 1.59. The third kappa shape index (κ3) is 4.19. The van der Waals surface area contributed by atoms with E-state index in [1.165, 1.54) is 0 Å². The Morgan fingerprint density at radius 3 is 3.06 bits per heavy atom. The smallest absolute Gasteiger partial charge is 0.237 e. The van der Waals surface area contributed by atoms with Gasteiger partial charge in [-0.05, 0) is 18.4 Å². The molecular formula is C9H17N5OS. The van der Waals surface area contributed by atoms with Crippen molar-refractivity contribution in [1.29, 1.82) is 0 Å². The summed E-state index contributed by atoms with van der Waals surface area (Å²) in [4.78, 5) is 15.5. The Labute approximate surface area is 99.0 Å². The van der Waals surface area contributed by atoms with Crippen molar-refractivity contribution in [2.45, 2.75) is 19.0 Å². The van der Waals surface area contributed by atoms with Gasteiger partial charge in [0.05, 0.1) is 12.6 Å². The number of hydrogen-bond donors (Lipinski definition) is 2. The summed E-state index contributed by atoms with van der Waals surface area (Å²) in [5, 5.41) is 6.76. The van der Waals surface area contributed by atoms with Crippen LogP contribution in [0.3, 0.4) is 0 Å². The quantitative estimate of drug-likeness (QED) is 0.704. The van der Waals surface area contributed by atoms with E-state index in [0.717, 1.165) is 5.75 Å². The largest absolute Gasteiger partial charge is 0.347 e. The van der Waals surface area contributed by atoms with Crippen molar-refractivity contribution in [3.05, 3.63) is 12.2 Å². The summed E-state index contributed by atoms with van der Waals surface area (Å²) in [6.45, 7) is 0.326. The molecule has 1 aromatic rings. The summed E-state index contributed by atoms with van der Waals surface area (Å²) in [7, 11) is 1.78. The number of carbonyl (C=O) groups is 1. The molecule has 3 N–H and O–H groups in total. The molecule has 0 unspecified atom stereocenters. The average molecular weight is 243 g/mol. The number of aromatic nitrogens is 3. The van der Waals surface area contributed by atoms with E-state index < -0.39 is 6.04 Å². The van der Waals surface area contributed by atoms with E-state index in [-0.39, 0.29) is 5.91 Å². The first-order valence-corrected chi connectivity index (χ1v) is 6.39. The number of amides is 1. The van der Waals surface area contributed by atoms with Crippen LogP contribution in [-0.4, -0.2) is 38.7 Å². The SMILES string of the molecule is CSCC[C@@H](N)C(=O)NCc1ncn(C)n1. The zero-order valence-electron chi connectivity index (χ0n) is 9.51. The van der Waals surface area contributed by atoms with Crippen molar-refractivity contribution in [3.63, 3.8) is 0 Å². The number of nitrogens with zero attached hydrogens (tertiary/aromatic N) is 3. The molecule has 6 nitrogen and oxygen atoms in total. The van der Waals surface area contributed by atoms with E-state index in [9.17, 15) is 4.79 Å². The lowest BCUT2D eigenvalue weighted by Crippen LogP contribution is -2.40. The number of carbonyl (C=O) groups excluding carboxylic acids is 1. The third-order valence-electron chi connectivity index (χ3n) is 2.04. The van der Waals surface area contributed by atoms with Crippen molar-refractivity contribution < 1.29 is 4.79 Å². The molecule has 90 valence electrons. The van der Waals surface area contributed by atoms with Crippen LogP contribution in [0.15, 0.2) is 6.33 Å². The fourth-order valence-electron chi connectivity index (χ4n) is 1.14. The van der Waals surface area contributed by atoms with Gasteiger partial charge in [0.15, 0.2) is 5.82 Å². The van der Waals surface area contributed by atoms with Gasteiger partial charge in [0, 0.05) is 7.05 Å². The lowest BCUT2D eigenvalue weighted by atomic mass is 10.2. The molecule has 1 aromatic heterocycles. The summed E-state index contributed by atoms with van der Waals surface area (Å²) in [6, 6.07) is -0.448. The summed E-state index contributed by atoms with van der Waals surface area (Å²) >= 11 is 1.68. The maximum Gasteiger partial charge on any atom is 0.237 e. The Balaban J connectivity index is 2.29. The molecule has 0 aliphatic carbocycles. The molecule has 0 radical (unpaired) electrons. The number of aryl methyl sites for hydroxylation is 1. The van der Waals surface area contributed by atoms with Crippen LogP contribution in [0.5, 0.6) is 0 Å². The molecule has 0 aromatic carbocycles. The van der Waals surface area contributed by atoms with Gasteiger partial charge in [-0.3, -0.25) is 9.48 Å². The second kappa shape index (κ2) is 6.49. The van der Waals surface area contributed by atoms with Crippen molar-refractivity contribution in [3.8, 4) is 0 Å². The highest BCUT2D eigenvalue weighted by molar-refractivity contribution is 7.98. The predicted octanol–water partition coefficient (Wildman–Crippen LogP) is -0.488. The van der Waals surface area contributed by atoms with Gasteiger partial charge in [-0.15, -0.1) is 0 Å². The molecule has 7 heteroatoms. The van der Waals surface area contributed by atoms with Gasteiger partial charge in [0.25, 0.3) is 0 Å². The molecule has 0 aliphatic heterocycles. The average Bonchev–Trinajstić information content (AvgIpc) is 2.68. The van der Waals surface area contributed by atoms with Crippen molar-refractivity contribution in [2.75, 3.05) is 12.0 Å². The Bertz CT molecular complexity index is 340. The first-order chi connectivity index (χ1) is 7.63. The molecule has 0 fully saturated rings. The number of hydrogen-bond acceptors (Lipinski definition) is 5. The van der Waals surface area contributed by atoms with E-state index in [1.807, 2.05) is 6.26 Å². The van der Waals surface area contributed by atoms with Crippen LogP contribution >= 0.6 is 11.8 Å². The van der Waals surface area contributed by atoms with Gasteiger partial charge >= 0.3 is 0 Å². The molecule has 1 amide bonds. The lowest BCUT2D eigenvalue weighted by molar-refractivity contribution is -0.122. The summed E-state index contributed by atoms with van der Waals surface area (Å²) in [5.41, 5.74) is 5.70. The van der Waals surface area contributed by atoms with Crippen LogP contribution in [0, 0.1) is 0 Å². The summed E-state index contributed by atoms with van der Waals surface area (Å²) in [5.74, 6) is 1.32. The number of nitrogens with two attached hydrogens (primary N) is 1. The first-order valence-electron chi connectivity index (χ1n) is 5.00. The molecule has 0 spiro atoms. The van der Waals surface area contributed by atoms with Gasteiger partial charge in [-0.1, -0.05) is 0 Å². The minimum atomic E-state index is -0.448. The zero-order valence-corrected chi connectivity index (χ0v) is 10.3. The van der Waals surface area contributed by atoms with E-state index >= 15 is 0 Å². The molecule has 16 heavy (non-hydrogen) atoms. The maximum absolute atomic E-state index is 11.5. The van der Waals surface area contributed by atoms with Crippen LogP contribution in [0.25, 0.3) is 0 Å². The van der Waals surface area contributed by atoms with E-state index in [2.05, 4.69) is 15.4 Å². The molecular weight excluding hydrogens is 226 g/mol. The number of thioether (sulfide) groups is 1. The van der Waals surface area contributed by atoms with E-state index in [4.69, 9.17) is 5.73 Å². The van der Waals surface area contributed by atoms with Crippen LogP contribution in [0.2, 0.25) is 0 Å². The maximum atomic E-state index is 11.5. The highest BCUT2D eigenvalue weighted by Gasteiger charge is 2.12. The van der Waals surface area contributed by atoms with Gasteiger partial charge in [-0.2, -0.15) is 16.9 Å². The number of nitrogens with one attached hydrogen (secondary N) is 1. The zero-order chi connectivity index (χ0) is 12.0. The predicted molar refractivity (Wildman–Crippen MR) is 63.8 cm³/mol. The van der Waals surface area contributed by atoms with Gasteiger partial charge in [0.1, 0.15) is 6.33 Å². The molecule has 1 rings (SSSR count). The van der Waals surface area contributed by atoms with Crippen molar-refractivity contribution >= 4 is 17.7 Å². The van der Waals surface area contributed by atoms with Gasteiger partial charge < -0.3 is 11.1 Å². The van der Waals surface area contributed by atoms with Crippen LogP contribution in [0.1, 0.15) is 12.2 Å². The van der Waals surface area contributed by atoms with Gasteiger partial charge in [-0.25, -0.2) is 4.98 Å². The Kier molecular flexibility index (Phi) is 5.27. The molecule has 0 aliphatic rings. The fourth-order valence-corrected chi connectivity index (χ4v) is 1.63.